The van der Waals surface area contributed by atoms with E-state index >= 15 is 0 Å². The van der Waals surface area contributed by atoms with Gasteiger partial charge in [-0.3, -0.25) is 19.6 Å². The van der Waals surface area contributed by atoms with Crippen LogP contribution in [0.25, 0.3) is 10.8 Å². The summed E-state index contributed by atoms with van der Waals surface area (Å²) in [4.78, 5) is 55.1. The zero-order valence-electron chi connectivity index (χ0n) is 40.2. The maximum atomic E-state index is 14.6. The predicted octanol–water partition coefficient (Wildman–Crippen LogP) is 4.32. The third-order valence-corrected chi connectivity index (χ3v) is 13.9. The van der Waals surface area contributed by atoms with Crippen molar-refractivity contribution in [3.63, 3.8) is 0 Å². The average molecular weight is 931 g/mol. The molecule has 7 N–H and O–H groups in total. The van der Waals surface area contributed by atoms with Gasteiger partial charge in [0.05, 0.1) is 40.9 Å². The highest BCUT2D eigenvalue weighted by Crippen LogP contribution is 2.49. The Labute approximate surface area is 390 Å². The molecule has 18 nitrogen and oxygen atoms in total. The lowest BCUT2D eigenvalue weighted by atomic mass is 9.78. The number of aliphatic carboxylic acids is 1. The minimum absolute atomic E-state index is 0.0411. The number of ketones is 1. The highest BCUT2D eigenvalue weighted by atomic mass is 16.7. The molecule has 1 spiro atoms. The molecule has 3 aliphatic rings. The van der Waals surface area contributed by atoms with Gasteiger partial charge >= 0.3 is 17.7 Å². The summed E-state index contributed by atoms with van der Waals surface area (Å²) in [5.74, 6) is -6.46. The number of nitrogens with zero attached hydrogens (tertiary/aromatic N) is 5. The van der Waals surface area contributed by atoms with Crippen LogP contribution in [-0.4, -0.2) is 120 Å². The molecule has 0 radical (unpaired) electrons. The first-order chi connectivity index (χ1) is 31.5. The number of benzene rings is 2. The van der Waals surface area contributed by atoms with Gasteiger partial charge in [-0.25, -0.2) is 9.78 Å². The predicted molar refractivity (Wildman–Crippen MR) is 248 cm³/mol. The summed E-state index contributed by atoms with van der Waals surface area (Å²) in [6.07, 6.45) is 6.45. The number of aliphatic hydroxyl groups is 2. The summed E-state index contributed by atoms with van der Waals surface area (Å²) >= 11 is 0. The summed E-state index contributed by atoms with van der Waals surface area (Å²) in [5.41, 5.74) is 7.02. The van der Waals surface area contributed by atoms with Crippen LogP contribution in [-0.2, 0) is 30.3 Å². The van der Waals surface area contributed by atoms with Crippen LogP contribution in [0.4, 0.5) is 5.69 Å². The molecule has 1 saturated heterocycles. The molecule has 1 fully saturated rings. The molecule has 0 amide bonds. The Kier molecular flexibility index (Phi) is 14.9. The van der Waals surface area contributed by atoms with E-state index < -0.39 is 83.0 Å². The molecule has 67 heavy (non-hydrogen) atoms. The van der Waals surface area contributed by atoms with Gasteiger partial charge in [0, 0.05) is 112 Å². The van der Waals surface area contributed by atoms with Crippen LogP contribution in [0, 0.1) is 44.4 Å². The molecule has 18 heteroatoms. The zero-order valence-corrected chi connectivity index (χ0v) is 40.2. The smallest absolute Gasteiger partial charge is 0.331 e. The molecule has 364 valence electrons. The Morgan fingerprint density at radius 2 is 1.60 bits per heavy atom. The number of phenolic OH excluding ortho intramolecular Hbond substituents is 2. The van der Waals surface area contributed by atoms with E-state index in [0.29, 0.717) is 25.9 Å². The van der Waals surface area contributed by atoms with Gasteiger partial charge in [-0.2, -0.15) is 0 Å². The molecule has 4 heterocycles. The number of aromatic hydroxyl groups is 2. The van der Waals surface area contributed by atoms with E-state index in [-0.39, 0.29) is 55.4 Å². The fourth-order valence-corrected chi connectivity index (χ4v) is 9.57. The van der Waals surface area contributed by atoms with Crippen molar-refractivity contribution in [2.45, 2.75) is 124 Å². The van der Waals surface area contributed by atoms with Crippen LogP contribution in [0.1, 0.15) is 88.7 Å². The van der Waals surface area contributed by atoms with Crippen molar-refractivity contribution < 1.29 is 58.9 Å². The van der Waals surface area contributed by atoms with Crippen molar-refractivity contribution in [3.8, 4) is 17.2 Å². The first-order valence-electron chi connectivity index (χ1n) is 22.7. The highest BCUT2D eigenvalue weighted by Gasteiger charge is 2.50. The number of Topliss-reactive ketones (excluding diaryl/α,β-unsaturated/α-hetero) is 1. The number of hydrogen-bond donors (Lipinski definition) is 6. The molecule has 0 aliphatic carbocycles. The van der Waals surface area contributed by atoms with Gasteiger partial charge in [0.25, 0.3) is 5.78 Å². The van der Waals surface area contributed by atoms with E-state index in [0.717, 1.165) is 24.6 Å². The van der Waals surface area contributed by atoms with Gasteiger partial charge in [-0.15, -0.1) is 0 Å². The molecule has 0 saturated carbocycles. The average Bonchev–Trinajstić information content (AvgIpc) is 3.92. The number of likely N-dealkylation sites (tertiary alicyclic amines) is 1. The number of imidazole rings is 1. The fourth-order valence-electron chi connectivity index (χ4n) is 9.57. The number of carboxylic acids is 1. The number of allylic oxidation sites excluding steroid dienone is 2. The number of methoxy groups -OCH3 is 1. The van der Waals surface area contributed by atoms with E-state index in [1.807, 2.05) is 20.0 Å². The van der Waals surface area contributed by atoms with Gasteiger partial charge in [0.2, 0.25) is 0 Å². The van der Waals surface area contributed by atoms with Crippen LogP contribution in [0.2, 0.25) is 0 Å². The Bertz CT molecular complexity index is 2610. The number of rotatable bonds is 18. The summed E-state index contributed by atoms with van der Waals surface area (Å²) < 4.78 is 26.1. The van der Waals surface area contributed by atoms with Crippen molar-refractivity contribution in [1.29, 1.82) is 0 Å². The monoisotopic (exact) mass is 930 g/mol. The summed E-state index contributed by atoms with van der Waals surface area (Å²) in [5, 5.41) is 55.6. The SMILES string of the molecule is CO[C@@H](/C=C/O[C@@]1(C)Oc2c(C)c(O)c3c(O)c(N)c4c(c3c2C1=O)=NC1(CCN(CCn2c(C)cnc2C)CC1)N=4)[C@@H](C)[C@@H](OC(C)=O)[C@H](C)[C@H](O)[C@H](C)[C@@H](O)[C@@H](C)/C=C/C=C(/C)C(=O)O. The second-order valence-corrected chi connectivity index (χ2v) is 18.6. The molecule has 6 rings (SSSR count). The molecule has 3 aromatic rings. The summed E-state index contributed by atoms with van der Waals surface area (Å²) in [6, 6.07) is 0. The van der Waals surface area contributed by atoms with Crippen LogP contribution in [0.5, 0.6) is 17.2 Å². The van der Waals surface area contributed by atoms with Crippen LogP contribution < -0.4 is 21.2 Å². The van der Waals surface area contributed by atoms with Crippen LogP contribution >= 0.6 is 0 Å². The maximum absolute atomic E-state index is 14.6. The number of anilines is 1. The topological polar surface area (TPSA) is 261 Å². The Balaban J connectivity index is 1.22. The van der Waals surface area contributed by atoms with Crippen LogP contribution in [0.3, 0.4) is 0 Å². The molecule has 2 aromatic carbocycles. The maximum Gasteiger partial charge on any atom is 0.331 e. The molecule has 1 aromatic heterocycles. The number of carbonyl (C=O) groups excluding carboxylic acids is 2. The molecule has 3 aliphatic heterocycles. The zero-order chi connectivity index (χ0) is 49.4. The number of esters is 1. The van der Waals surface area contributed by atoms with E-state index in [2.05, 4.69) is 14.5 Å². The number of aromatic nitrogens is 2. The molecular weight excluding hydrogens is 865 g/mol. The summed E-state index contributed by atoms with van der Waals surface area (Å²) in [7, 11) is 1.44. The number of aliphatic hydroxyl groups excluding tert-OH is 2. The van der Waals surface area contributed by atoms with Gasteiger partial charge in [-0.05, 0) is 33.8 Å². The number of nitrogens with two attached hydrogens (primary N) is 1. The minimum atomic E-state index is -1.96. The first kappa shape index (κ1) is 50.6. The Hall–Kier alpha value is -5.82. The number of carboxylic acid groups (broad SMARTS) is 1. The van der Waals surface area contributed by atoms with E-state index in [1.54, 1.807) is 46.8 Å². The number of aryl methyl sites for hydroxylation is 2. The number of piperidine rings is 1. The van der Waals surface area contributed by atoms with E-state index in [1.165, 1.54) is 46.3 Å². The molecule has 0 unspecified atom stereocenters. The lowest BCUT2D eigenvalue weighted by Crippen LogP contribution is -2.46. The number of nitrogen functional groups attached to an aromatic ring is 1. The van der Waals surface area contributed by atoms with Gasteiger partial charge in [0.1, 0.15) is 34.5 Å². The van der Waals surface area contributed by atoms with Gasteiger partial charge in [-0.1, -0.05) is 45.9 Å². The summed E-state index contributed by atoms with van der Waals surface area (Å²) in [6.45, 7) is 19.6. The molecule has 9 atom stereocenters. The Morgan fingerprint density at radius 3 is 2.19 bits per heavy atom. The second kappa shape index (κ2) is 19.8. The van der Waals surface area contributed by atoms with Crippen LogP contribution in [0.15, 0.2) is 52.3 Å². The number of carbonyl (C=O) groups is 3. The lowest BCUT2D eigenvalue weighted by Gasteiger charge is -2.38. The van der Waals surface area contributed by atoms with Gasteiger partial charge in [0.15, 0.2) is 11.4 Å². The molecular formula is C49H66N6O12. The highest BCUT2D eigenvalue weighted by molar-refractivity contribution is 6.19. The normalized spacial score (nSPS) is 21.8. The lowest BCUT2D eigenvalue weighted by molar-refractivity contribution is -0.160. The van der Waals surface area contributed by atoms with E-state index in [9.17, 15) is 34.8 Å². The largest absolute Gasteiger partial charge is 0.507 e. The number of phenols is 2. The quantitative estimate of drug-likeness (QED) is 0.0259. The van der Waals surface area contributed by atoms with Gasteiger partial charge < -0.3 is 59.7 Å². The Morgan fingerprint density at radius 1 is 0.940 bits per heavy atom. The number of ether oxygens (including phenoxy) is 4. The first-order valence-corrected chi connectivity index (χ1v) is 22.7. The van der Waals surface area contributed by atoms with E-state index in [4.69, 9.17) is 39.8 Å². The third kappa shape index (κ3) is 9.80. The van der Waals surface area contributed by atoms with Crippen molar-refractivity contribution in [2.75, 3.05) is 32.5 Å². The van der Waals surface area contributed by atoms with Crippen molar-refractivity contribution in [1.82, 2.24) is 14.5 Å². The third-order valence-electron chi connectivity index (χ3n) is 13.9. The number of fused-ring (bicyclic) bond motifs is 5. The fraction of sp³-hybridized carbons (Fsp3) is 0.551. The van der Waals surface area contributed by atoms with Crippen molar-refractivity contribution >= 4 is 34.2 Å². The number of hydrogen-bond acceptors (Lipinski definition) is 16. The van der Waals surface area contributed by atoms with Crippen molar-refractivity contribution in [2.24, 2.45) is 33.7 Å². The molecule has 0 bridgehead atoms. The van der Waals surface area contributed by atoms with Crippen molar-refractivity contribution in [3.05, 3.63) is 75.7 Å². The second-order valence-electron chi connectivity index (χ2n) is 18.6. The standard InChI is InChI=1S/C49H66N6O12/c1-24(13-12-14-25(2)47(62)63)40(57)28(5)41(58)29(6)44(66-32(9)56)27(4)33(64-11)15-22-65-48(10)46(61)36-34-35(42(59)30(7)45(36)67-48)43(60)37(50)39-38(34)52-49(53-39)16-18-54(19-17-49)20-21-55-26(3)23-51-31(55)8/h12-15,22-24,27-29,33,40-41,44,57-60H,16-21,50H2,1-11H3,(H,62,63)/b13-12+,22-15+,25-14-/t24-,27+,28+,29+,33-,40-,41+,44+,48-/m0/s1. The minimum Gasteiger partial charge on any atom is -0.507 e.